The smallest absolute Gasteiger partial charge is 0.226 e. The third kappa shape index (κ3) is 5.84. The molecule has 0 aliphatic carbocycles. The molecule has 0 aromatic rings. The van der Waals surface area contributed by atoms with Crippen LogP contribution < -0.4 is 0 Å². The monoisotopic (exact) mass is 242 g/mol. The zero-order valence-electron chi connectivity index (χ0n) is 11.8. The number of hydroxylamine groups is 2. The summed E-state index contributed by atoms with van der Waals surface area (Å²) in [5, 5.41) is 1.85. The minimum Gasteiger partial charge on any atom is -0.320 e. The summed E-state index contributed by atoms with van der Waals surface area (Å²) in [6.45, 7) is 7.70. The molecule has 1 amide bonds. The van der Waals surface area contributed by atoms with Gasteiger partial charge < -0.3 is 9.74 Å². The van der Waals surface area contributed by atoms with Crippen molar-refractivity contribution in [3.8, 4) is 0 Å². The SMILES string of the molecule is C/C=C(\CC)N(C)C(=O)CCCN(CC)OC. The maximum absolute atomic E-state index is 11.9. The van der Waals surface area contributed by atoms with Gasteiger partial charge >= 0.3 is 0 Å². The molecule has 0 radical (unpaired) electrons. The van der Waals surface area contributed by atoms with Gasteiger partial charge in [-0.15, -0.1) is 0 Å². The Labute approximate surface area is 105 Å². The average molecular weight is 242 g/mol. The lowest BCUT2D eigenvalue weighted by Crippen LogP contribution is -2.28. The molecule has 0 heterocycles. The summed E-state index contributed by atoms with van der Waals surface area (Å²) in [5.41, 5.74) is 1.08. The summed E-state index contributed by atoms with van der Waals surface area (Å²) in [4.78, 5) is 18.8. The highest BCUT2D eigenvalue weighted by Gasteiger charge is 2.11. The Kier molecular flexibility index (Phi) is 8.72. The summed E-state index contributed by atoms with van der Waals surface area (Å²) in [6, 6.07) is 0. The maximum atomic E-state index is 11.9. The van der Waals surface area contributed by atoms with Crippen molar-refractivity contribution in [3.05, 3.63) is 11.8 Å². The van der Waals surface area contributed by atoms with Crippen LogP contribution in [0.1, 0.15) is 40.0 Å². The molecule has 0 aliphatic rings. The Bertz CT molecular complexity index is 248. The second-order valence-corrected chi connectivity index (χ2v) is 3.89. The number of allylic oxidation sites excluding steroid dienone is 2. The van der Waals surface area contributed by atoms with E-state index < -0.39 is 0 Å². The molecule has 0 bridgehead atoms. The van der Waals surface area contributed by atoms with E-state index in [1.54, 1.807) is 12.0 Å². The Balaban J connectivity index is 4.01. The van der Waals surface area contributed by atoms with Gasteiger partial charge in [0.05, 0.1) is 7.11 Å². The van der Waals surface area contributed by atoms with Crippen molar-refractivity contribution < 1.29 is 9.63 Å². The van der Waals surface area contributed by atoms with Crippen LogP contribution in [0, 0.1) is 0 Å². The second kappa shape index (κ2) is 9.19. The summed E-state index contributed by atoms with van der Waals surface area (Å²) in [7, 11) is 3.50. The van der Waals surface area contributed by atoms with Crippen molar-refractivity contribution in [2.75, 3.05) is 27.2 Å². The predicted molar refractivity (Wildman–Crippen MR) is 70.3 cm³/mol. The molecule has 100 valence electrons. The van der Waals surface area contributed by atoms with Gasteiger partial charge in [-0.1, -0.05) is 19.9 Å². The Hall–Kier alpha value is -0.870. The first-order chi connectivity index (χ1) is 8.10. The molecule has 0 spiro atoms. The zero-order chi connectivity index (χ0) is 13.3. The maximum Gasteiger partial charge on any atom is 0.226 e. The standard InChI is InChI=1S/C13H26N2O2/c1-6-12(7-2)14(4)13(16)10-9-11-15(8-3)17-5/h6H,7-11H2,1-5H3/b12-6+. The van der Waals surface area contributed by atoms with Crippen LogP contribution in [0.3, 0.4) is 0 Å². The van der Waals surface area contributed by atoms with E-state index in [4.69, 9.17) is 4.84 Å². The van der Waals surface area contributed by atoms with Crippen molar-refractivity contribution in [2.24, 2.45) is 0 Å². The van der Waals surface area contributed by atoms with E-state index in [-0.39, 0.29) is 5.91 Å². The predicted octanol–water partition coefficient (Wildman–Crippen LogP) is 2.42. The molecule has 0 aromatic carbocycles. The summed E-state index contributed by atoms with van der Waals surface area (Å²) in [5.74, 6) is 0.173. The van der Waals surface area contributed by atoms with Gasteiger partial charge in [0.15, 0.2) is 0 Å². The van der Waals surface area contributed by atoms with Crippen LogP contribution in [0.4, 0.5) is 0 Å². The fraction of sp³-hybridized carbons (Fsp3) is 0.769. The minimum absolute atomic E-state index is 0.173. The van der Waals surface area contributed by atoms with E-state index in [2.05, 4.69) is 6.92 Å². The third-order valence-electron chi connectivity index (χ3n) is 2.91. The highest BCUT2D eigenvalue weighted by molar-refractivity contribution is 5.77. The lowest BCUT2D eigenvalue weighted by molar-refractivity contribution is -0.134. The number of amides is 1. The van der Waals surface area contributed by atoms with E-state index in [0.717, 1.165) is 31.6 Å². The summed E-state index contributed by atoms with van der Waals surface area (Å²) in [6.07, 6.45) is 4.27. The van der Waals surface area contributed by atoms with Gasteiger partial charge in [-0.25, -0.2) is 0 Å². The molecule has 0 atom stereocenters. The van der Waals surface area contributed by atoms with E-state index in [1.165, 1.54) is 0 Å². The number of carbonyl (C=O) groups is 1. The highest BCUT2D eigenvalue weighted by Crippen LogP contribution is 2.09. The molecule has 0 N–H and O–H groups in total. The van der Waals surface area contributed by atoms with E-state index >= 15 is 0 Å². The van der Waals surface area contributed by atoms with Crippen molar-refractivity contribution in [1.29, 1.82) is 0 Å². The van der Waals surface area contributed by atoms with Gasteiger partial charge in [0, 0.05) is 32.3 Å². The highest BCUT2D eigenvalue weighted by atomic mass is 16.7. The van der Waals surface area contributed by atoms with Crippen molar-refractivity contribution in [1.82, 2.24) is 9.96 Å². The molecule has 4 heteroatoms. The van der Waals surface area contributed by atoms with Crippen LogP contribution in [0.2, 0.25) is 0 Å². The van der Waals surface area contributed by atoms with Gasteiger partial charge in [-0.2, -0.15) is 5.06 Å². The fourth-order valence-electron chi connectivity index (χ4n) is 1.75. The Morgan fingerprint density at radius 2 is 2.00 bits per heavy atom. The number of hydrogen-bond acceptors (Lipinski definition) is 3. The van der Waals surface area contributed by atoms with Gasteiger partial charge in [-0.05, 0) is 19.8 Å². The number of nitrogens with zero attached hydrogens (tertiary/aromatic N) is 2. The van der Waals surface area contributed by atoms with Gasteiger partial charge in [-0.3, -0.25) is 4.79 Å². The first-order valence-electron chi connectivity index (χ1n) is 6.31. The van der Waals surface area contributed by atoms with Crippen LogP contribution in [-0.4, -0.2) is 43.1 Å². The topological polar surface area (TPSA) is 32.8 Å². The molecule has 17 heavy (non-hydrogen) atoms. The normalized spacial score (nSPS) is 12.0. The van der Waals surface area contributed by atoms with Gasteiger partial charge in [0.1, 0.15) is 0 Å². The fourth-order valence-corrected chi connectivity index (χ4v) is 1.75. The van der Waals surface area contributed by atoms with E-state index in [1.807, 2.05) is 32.0 Å². The number of rotatable bonds is 8. The quantitative estimate of drug-likeness (QED) is 0.613. The van der Waals surface area contributed by atoms with E-state index in [9.17, 15) is 4.79 Å². The average Bonchev–Trinajstić information content (AvgIpc) is 2.35. The van der Waals surface area contributed by atoms with Gasteiger partial charge in [0.2, 0.25) is 5.91 Å². The Morgan fingerprint density at radius 3 is 2.41 bits per heavy atom. The molecule has 0 rings (SSSR count). The van der Waals surface area contributed by atoms with Crippen LogP contribution in [0.15, 0.2) is 11.8 Å². The van der Waals surface area contributed by atoms with Gasteiger partial charge in [0.25, 0.3) is 0 Å². The van der Waals surface area contributed by atoms with Crippen molar-refractivity contribution >= 4 is 5.91 Å². The molecular weight excluding hydrogens is 216 g/mol. The molecular formula is C13H26N2O2. The molecule has 0 unspecified atom stereocenters. The third-order valence-corrected chi connectivity index (χ3v) is 2.91. The molecule has 0 aromatic heterocycles. The summed E-state index contributed by atoms with van der Waals surface area (Å²) >= 11 is 0. The van der Waals surface area contributed by atoms with Crippen molar-refractivity contribution in [3.63, 3.8) is 0 Å². The zero-order valence-corrected chi connectivity index (χ0v) is 11.8. The second-order valence-electron chi connectivity index (χ2n) is 3.89. The van der Waals surface area contributed by atoms with Crippen LogP contribution in [-0.2, 0) is 9.63 Å². The Morgan fingerprint density at radius 1 is 1.35 bits per heavy atom. The lowest BCUT2D eigenvalue weighted by Gasteiger charge is -2.21. The van der Waals surface area contributed by atoms with Crippen LogP contribution >= 0.6 is 0 Å². The molecule has 0 aliphatic heterocycles. The van der Waals surface area contributed by atoms with Crippen molar-refractivity contribution in [2.45, 2.75) is 40.0 Å². The largest absolute Gasteiger partial charge is 0.320 e. The molecule has 0 saturated carbocycles. The lowest BCUT2D eigenvalue weighted by atomic mass is 10.2. The number of hydrogen-bond donors (Lipinski definition) is 0. The molecule has 4 nitrogen and oxygen atoms in total. The molecule has 0 saturated heterocycles. The van der Waals surface area contributed by atoms with Crippen LogP contribution in [0.25, 0.3) is 0 Å². The van der Waals surface area contributed by atoms with E-state index in [0.29, 0.717) is 6.42 Å². The first-order valence-corrected chi connectivity index (χ1v) is 6.31. The summed E-state index contributed by atoms with van der Waals surface area (Å²) < 4.78 is 0. The minimum atomic E-state index is 0.173. The first kappa shape index (κ1) is 16.1. The van der Waals surface area contributed by atoms with Crippen LogP contribution in [0.5, 0.6) is 0 Å². The molecule has 0 fully saturated rings. The number of carbonyl (C=O) groups excluding carboxylic acids is 1.